The Bertz CT molecular complexity index is 490. The maximum absolute atomic E-state index is 12.2. The lowest BCUT2D eigenvalue weighted by Crippen LogP contribution is -2.45. The number of hydrogen-bond acceptors (Lipinski definition) is 3. The van der Waals surface area contributed by atoms with Crippen LogP contribution in [0.1, 0.15) is 6.42 Å². The first-order chi connectivity index (χ1) is 9.41. The van der Waals surface area contributed by atoms with Crippen LogP contribution in [0.2, 0.25) is 0 Å². The van der Waals surface area contributed by atoms with Crippen LogP contribution in [-0.2, 0) is 9.59 Å². The van der Waals surface area contributed by atoms with Gasteiger partial charge < -0.3 is 15.7 Å². The Hall–Kier alpha value is -2.57. The normalized spacial score (nSPS) is 9.85. The number of benzene rings is 1. The summed E-state index contributed by atoms with van der Waals surface area (Å²) in [5.41, 5.74) is 5.61. The zero-order valence-electron chi connectivity index (χ0n) is 11.2. The van der Waals surface area contributed by atoms with Crippen LogP contribution in [0, 0.1) is 0 Å². The summed E-state index contributed by atoms with van der Waals surface area (Å²) < 4.78 is 0. The predicted octanol–water partition coefficient (Wildman–Crippen LogP) is 0.505. The third kappa shape index (κ3) is 4.60. The van der Waals surface area contributed by atoms with E-state index in [0.29, 0.717) is 5.69 Å². The van der Waals surface area contributed by atoms with Gasteiger partial charge in [0.2, 0.25) is 5.91 Å². The van der Waals surface area contributed by atoms with Gasteiger partial charge >= 0.3 is 12.0 Å². The largest absolute Gasteiger partial charge is 0.481 e. The Morgan fingerprint density at radius 1 is 1.20 bits per heavy atom. The van der Waals surface area contributed by atoms with Gasteiger partial charge in [0, 0.05) is 19.3 Å². The van der Waals surface area contributed by atoms with E-state index in [0.717, 1.165) is 4.90 Å². The number of rotatable bonds is 6. The van der Waals surface area contributed by atoms with E-state index < -0.39 is 17.9 Å². The smallest absolute Gasteiger partial charge is 0.324 e. The molecule has 1 aromatic carbocycles. The number of urea groups is 1. The second-order valence-electron chi connectivity index (χ2n) is 4.24. The fourth-order valence-corrected chi connectivity index (χ4v) is 1.66. The van der Waals surface area contributed by atoms with E-state index in [-0.39, 0.29) is 19.5 Å². The maximum atomic E-state index is 12.2. The Labute approximate surface area is 116 Å². The molecule has 0 bridgehead atoms. The number of nitrogens with zero attached hydrogens (tertiary/aromatic N) is 2. The summed E-state index contributed by atoms with van der Waals surface area (Å²) in [5.74, 6) is -1.64. The first-order valence-electron chi connectivity index (χ1n) is 5.99. The number of carboxylic acid groups (broad SMARTS) is 1. The van der Waals surface area contributed by atoms with Gasteiger partial charge in [-0.15, -0.1) is 0 Å². The van der Waals surface area contributed by atoms with E-state index >= 15 is 0 Å². The first kappa shape index (κ1) is 15.5. The summed E-state index contributed by atoms with van der Waals surface area (Å²) in [7, 11) is 1.43. The molecule has 20 heavy (non-hydrogen) atoms. The Morgan fingerprint density at radius 2 is 1.80 bits per heavy atom. The molecule has 0 aliphatic rings. The monoisotopic (exact) mass is 279 g/mol. The Balaban J connectivity index is 2.89. The summed E-state index contributed by atoms with van der Waals surface area (Å²) in [4.78, 5) is 36.2. The molecule has 3 N–H and O–H groups in total. The average molecular weight is 279 g/mol. The second-order valence-corrected chi connectivity index (χ2v) is 4.24. The van der Waals surface area contributed by atoms with Gasteiger partial charge in [-0.1, -0.05) is 18.2 Å². The number of carbonyl (C=O) groups is 3. The summed E-state index contributed by atoms with van der Waals surface area (Å²) in [6.07, 6.45) is -0.189. The number of likely N-dealkylation sites (N-methyl/N-ethyl adjacent to an activating group) is 1. The molecule has 0 aliphatic heterocycles. The minimum atomic E-state index is -1.00. The molecular formula is C13H17N3O4. The van der Waals surface area contributed by atoms with Gasteiger partial charge in [0.25, 0.3) is 0 Å². The quantitative estimate of drug-likeness (QED) is 0.791. The van der Waals surface area contributed by atoms with Crippen LogP contribution in [-0.4, -0.2) is 48.1 Å². The van der Waals surface area contributed by atoms with Gasteiger partial charge in [0.15, 0.2) is 0 Å². The highest BCUT2D eigenvalue weighted by atomic mass is 16.4. The van der Waals surface area contributed by atoms with Gasteiger partial charge in [-0.05, 0) is 12.1 Å². The highest BCUT2D eigenvalue weighted by Gasteiger charge is 2.21. The average Bonchev–Trinajstić information content (AvgIpc) is 2.38. The van der Waals surface area contributed by atoms with Crippen molar-refractivity contribution in [3.05, 3.63) is 30.3 Å². The molecule has 108 valence electrons. The maximum Gasteiger partial charge on any atom is 0.324 e. The topological polar surface area (TPSA) is 104 Å². The van der Waals surface area contributed by atoms with Crippen molar-refractivity contribution in [2.75, 3.05) is 25.0 Å². The minimum absolute atomic E-state index is 0.0152. The summed E-state index contributed by atoms with van der Waals surface area (Å²) in [6, 6.07) is 8.18. The molecule has 0 atom stereocenters. The van der Waals surface area contributed by atoms with E-state index in [4.69, 9.17) is 10.8 Å². The molecule has 7 nitrogen and oxygen atoms in total. The lowest BCUT2D eigenvalue weighted by Gasteiger charge is -2.27. The van der Waals surface area contributed by atoms with Crippen molar-refractivity contribution in [2.24, 2.45) is 5.73 Å². The van der Waals surface area contributed by atoms with E-state index in [1.54, 1.807) is 30.3 Å². The predicted molar refractivity (Wildman–Crippen MR) is 73.3 cm³/mol. The molecule has 3 amide bonds. The highest BCUT2D eigenvalue weighted by molar-refractivity contribution is 5.94. The van der Waals surface area contributed by atoms with Crippen LogP contribution in [0.4, 0.5) is 10.5 Å². The van der Waals surface area contributed by atoms with Gasteiger partial charge in [-0.25, -0.2) is 4.79 Å². The first-order valence-corrected chi connectivity index (χ1v) is 5.99. The van der Waals surface area contributed by atoms with Gasteiger partial charge in [0.05, 0.1) is 6.42 Å². The standard InChI is InChI=1S/C13H17N3O4/c1-15(9-11(14)17)13(20)16(8-7-12(18)19)10-5-3-2-4-6-10/h2-6H,7-9H2,1H3,(H2,14,17)(H,18,19). The molecule has 0 aliphatic carbocycles. The summed E-state index contributed by atoms with van der Waals surface area (Å²) >= 11 is 0. The van der Waals surface area contributed by atoms with Crippen molar-refractivity contribution < 1.29 is 19.5 Å². The number of amides is 3. The third-order valence-electron chi connectivity index (χ3n) is 2.57. The van der Waals surface area contributed by atoms with Crippen LogP contribution >= 0.6 is 0 Å². The summed E-state index contributed by atoms with van der Waals surface area (Å²) in [5, 5.41) is 8.75. The summed E-state index contributed by atoms with van der Waals surface area (Å²) in [6.45, 7) is -0.212. The second kappa shape index (κ2) is 7.13. The van der Waals surface area contributed by atoms with Crippen LogP contribution in [0.15, 0.2) is 30.3 Å². The molecule has 0 spiro atoms. The van der Waals surface area contributed by atoms with E-state index in [2.05, 4.69) is 0 Å². The van der Waals surface area contributed by atoms with Crippen molar-refractivity contribution >= 4 is 23.6 Å². The van der Waals surface area contributed by atoms with E-state index in [1.165, 1.54) is 11.9 Å². The molecule has 0 radical (unpaired) electrons. The van der Waals surface area contributed by atoms with Crippen LogP contribution in [0.3, 0.4) is 0 Å². The van der Waals surface area contributed by atoms with Gasteiger partial charge in [-0.2, -0.15) is 0 Å². The third-order valence-corrected chi connectivity index (χ3v) is 2.57. The fourth-order valence-electron chi connectivity index (χ4n) is 1.66. The number of anilines is 1. The molecule has 0 unspecified atom stereocenters. The Kier molecular flexibility index (Phi) is 5.52. The molecule has 0 saturated carbocycles. The van der Waals surface area contributed by atoms with Crippen LogP contribution < -0.4 is 10.6 Å². The lowest BCUT2D eigenvalue weighted by atomic mass is 10.2. The van der Waals surface area contributed by atoms with Gasteiger partial charge in [0.1, 0.15) is 6.54 Å². The molecule has 0 fully saturated rings. The number of primary amides is 1. The molecule has 0 heterocycles. The van der Waals surface area contributed by atoms with Crippen molar-refractivity contribution in [1.29, 1.82) is 0 Å². The number of para-hydroxylation sites is 1. The molecule has 1 rings (SSSR count). The minimum Gasteiger partial charge on any atom is -0.481 e. The number of nitrogens with two attached hydrogens (primary N) is 1. The highest BCUT2D eigenvalue weighted by Crippen LogP contribution is 2.15. The molecule has 0 saturated heterocycles. The zero-order valence-corrected chi connectivity index (χ0v) is 11.2. The van der Waals surface area contributed by atoms with Crippen molar-refractivity contribution in [3.8, 4) is 0 Å². The van der Waals surface area contributed by atoms with Crippen LogP contribution in [0.25, 0.3) is 0 Å². The van der Waals surface area contributed by atoms with E-state index in [1.807, 2.05) is 0 Å². The van der Waals surface area contributed by atoms with Crippen molar-refractivity contribution in [3.63, 3.8) is 0 Å². The number of hydrogen-bond donors (Lipinski definition) is 2. The van der Waals surface area contributed by atoms with Crippen molar-refractivity contribution in [1.82, 2.24) is 4.90 Å². The Morgan fingerprint density at radius 3 is 2.30 bits per heavy atom. The zero-order chi connectivity index (χ0) is 15.1. The number of carboxylic acids is 1. The van der Waals surface area contributed by atoms with Gasteiger partial charge in [-0.3, -0.25) is 14.5 Å². The van der Waals surface area contributed by atoms with E-state index in [9.17, 15) is 14.4 Å². The number of carbonyl (C=O) groups excluding carboxylic acids is 2. The fraction of sp³-hybridized carbons (Fsp3) is 0.308. The van der Waals surface area contributed by atoms with Crippen molar-refractivity contribution in [2.45, 2.75) is 6.42 Å². The number of aliphatic carboxylic acids is 1. The molecule has 0 aromatic heterocycles. The molecule has 1 aromatic rings. The SMILES string of the molecule is CN(CC(N)=O)C(=O)N(CCC(=O)O)c1ccccc1. The van der Waals surface area contributed by atoms with Crippen LogP contribution in [0.5, 0.6) is 0 Å². The molecule has 7 heteroatoms. The molecular weight excluding hydrogens is 262 g/mol. The lowest BCUT2D eigenvalue weighted by molar-refractivity contribution is -0.136.